The summed E-state index contributed by atoms with van der Waals surface area (Å²) < 4.78 is 0. The third-order valence-corrected chi connectivity index (χ3v) is 5.16. The van der Waals surface area contributed by atoms with Crippen LogP contribution in [0.2, 0.25) is 10.0 Å². The van der Waals surface area contributed by atoms with Gasteiger partial charge in [-0.1, -0.05) is 87.7 Å². The number of carbonyl (C=O) groups is 1. The van der Waals surface area contributed by atoms with E-state index >= 15 is 0 Å². The Morgan fingerprint density at radius 2 is 1.29 bits per heavy atom. The molecule has 3 rings (SSSR count). The van der Waals surface area contributed by atoms with E-state index in [-0.39, 0.29) is 5.78 Å². The average Bonchev–Trinajstić information content (AvgIpc) is 2.63. The zero-order chi connectivity index (χ0) is 17.1. The van der Waals surface area contributed by atoms with Crippen LogP contribution in [0.5, 0.6) is 0 Å². The number of hydrogen-bond donors (Lipinski definition) is 0. The molecule has 0 aliphatic carbocycles. The number of halogens is 3. The molecule has 0 unspecified atom stereocenters. The molecule has 24 heavy (non-hydrogen) atoms. The predicted molar refractivity (Wildman–Crippen MR) is 104 cm³/mol. The monoisotopic (exact) mass is 418 g/mol. The van der Waals surface area contributed by atoms with Gasteiger partial charge in [0.15, 0.2) is 5.78 Å². The number of alkyl halides is 1. The van der Waals surface area contributed by atoms with Gasteiger partial charge in [-0.3, -0.25) is 4.79 Å². The summed E-state index contributed by atoms with van der Waals surface area (Å²) in [5, 5.41) is 1.66. The molecule has 3 aromatic carbocycles. The molecule has 0 N–H and O–H groups in total. The zero-order valence-corrected chi connectivity index (χ0v) is 15.7. The summed E-state index contributed by atoms with van der Waals surface area (Å²) in [4.78, 5) is 12.5. The second kappa shape index (κ2) is 7.52. The molecule has 4 heteroatoms. The molecule has 1 nitrogen and oxygen atoms in total. The van der Waals surface area contributed by atoms with Crippen LogP contribution in [0.3, 0.4) is 0 Å². The molecule has 0 saturated carbocycles. The van der Waals surface area contributed by atoms with Crippen molar-refractivity contribution >= 4 is 44.9 Å². The Balaban J connectivity index is 1.85. The Labute approximate surface area is 159 Å². The molecule has 0 aliphatic rings. The average molecular weight is 420 g/mol. The van der Waals surface area contributed by atoms with Gasteiger partial charge in [-0.15, -0.1) is 0 Å². The first-order chi connectivity index (χ1) is 11.6. The molecule has 120 valence electrons. The fourth-order valence-corrected chi connectivity index (χ4v) is 3.08. The molecule has 0 radical (unpaired) electrons. The second-order valence-electron chi connectivity index (χ2n) is 5.37. The van der Waals surface area contributed by atoms with Crippen molar-refractivity contribution in [3.8, 4) is 11.1 Å². The highest BCUT2D eigenvalue weighted by Gasteiger charge is 2.11. The number of hydrogen-bond acceptors (Lipinski definition) is 1. The SMILES string of the molecule is O=C(c1ccc(-c2ccc(CBr)cc2)cc1)c1ccc(Cl)c(Cl)c1. The van der Waals surface area contributed by atoms with Crippen LogP contribution in [-0.2, 0) is 5.33 Å². The van der Waals surface area contributed by atoms with Gasteiger partial charge >= 0.3 is 0 Å². The summed E-state index contributed by atoms with van der Waals surface area (Å²) in [5.41, 5.74) is 4.56. The zero-order valence-electron chi connectivity index (χ0n) is 12.6. The van der Waals surface area contributed by atoms with Crippen molar-refractivity contribution in [1.82, 2.24) is 0 Å². The summed E-state index contributed by atoms with van der Waals surface area (Å²) >= 11 is 15.3. The molecule has 0 saturated heterocycles. The first kappa shape index (κ1) is 17.2. The minimum atomic E-state index is -0.0743. The van der Waals surface area contributed by atoms with Crippen LogP contribution in [0, 0.1) is 0 Å². The maximum absolute atomic E-state index is 12.5. The van der Waals surface area contributed by atoms with Gasteiger partial charge in [-0.05, 0) is 34.9 Å². The first-order valence-corrected chi connectivity index (χ1v) is 9.21. The van der Waals surface area contributed by atoms with E-state index in [9.17, 15) is 4.79 Å². The van der Waals surface area contributed by atoms with E-state index in [0.29, 0.717) is 21.2 Å². The molecular formula is C20H13BrCl2O. The lowest BCUT2D eigenvalue weighted by Gasteiger charge is -2.06. The van der Waals surface area contributed by atoms with Crippen molar-refractivity contribution in [2.75, 3.05) is 0 Å². The highest BCUT2D eigenvalue weighted by atomic mass is 79.9. The van der Waals surface area contributed by atoms with E-state index in [1.807, 2.05) is 24.3 Å². The molecule has 3 aromatic rings. The standard InChI is InChI=1S/C20H13BrCl2O/c21-12-13-1-3-14(4-2-13)15-5-7-16(8-6-15)20(24)17-9-10-18(22)19(23)11-17/h1-11H,12H2. The van der Waals surface area contributed by atoms with Crippen LogP contribution < -0.4 is 0 Å². The third kappa shape index (κ3) is 3.72. The lowest BCUT2D eigenvalue weighted by Crippen LogP contribution is -2.01. The number of carbonyl (C=O) groups excluding carboxylic acids is 1. The quantitative estimate of drug-likeness (QED) is 0.336. The molecule has 0 aromatic heterocycles. The van der Waals surface area contributed by atoms with Gasteiger partial charge in [0.1, 0.15) is 0 Å². The molecule has 0 aliphatic heterocycles. The van der Waals surface area contributed by atoms with Crippen LogP contribution in [0.25, 0.3) is 11.1 Å². The summed E-state index contributed by atoms with van der Waals surface area (Å²) in [6, 6.07) is 20.8. The van der Waals surface area contributed by atoms with Crippen molar-refractivity contribution in [3.05, 3.63) is 93.5 Å². The van der Waals surface area contributed by atoms with Gasteiger partial charge < -0.3 is 0 Å². The normalized spacial score (nSPS) is 10.6. The smallest absolute Gasteiger partial charge is 0.193 e. The van der Waals surface area contributed by atoms with E-state index < -0.39 is 0 Å². The second-order valence-corrected chi connectivity index (χ2v) is 6.74. The first-order valence-electron chi connectivity index (χ1n) is 7.33. The van der Waals surface area contributed by atoms with Crippen LogP contribution in [-0.4, -0.2) is 5.78 Å². The van der Waals surface area contributed by atoms with Crippen LogP contribution in [0.1, 0.15) is 21.5 Å². The molecule has 0 fully saturated rings. The molecule has 0 spiro atoms. The lowest BCUT2D eigenvalue weighted by atomic mass is 9.99. The molecule has 0 amide bonds. The fourth-order valence-electron chi connectivity index (χ4n) is 2.40. The number of ketones is 1. The van der Waals surface area contributed by atoms with Crippen LogP contribution in [0.4, 0.5) is 0 Å². The van der Waals surface area contributed by atoms with Crippen LogP contribution >= 0.6 is 39.1 Å². The Bertz CT molecular complexity index is 871. The van der Waals surface area contributed by atoms with E-state index in [0.717, 1.165) is 16.5 Å². The maximum Gasteiger partial charge on any atom is 0.193 e. The summed E-state index contributed by atoms with van der Waals surface area (Å²) in [5.74, 6) is -0.0743. The topological polar surface area (TPSA) is 17.1 Å². The summed E-state index contributed by atoms with van der Waals surface area (Å²) in [6.45, 7) is 0. The van der Waals surface area contributed by atoms with Gasteiger partial charge in [0.25, 0.3) is 0 Å². The minimum absolute atomic E-state index is 0.0743. The Morgan fingerprint density at radius 3 is 1.83 bits per heavy atom. The lowest BCUT2D eigenvalue weighted by molar-refractivity contribution is 0.103. The number of benzene rings is 3. The van der Waals surface area contributed by atoms with Gasteiger partial charge in [-0.2, -0.15) is 0 Å². The highest BCUT2D eigenvalue weighted by molar-refractivity contribution is 9.08. The van der Waals surface area contributed by atoms with E-state index in [2.05, 4.69) is 40.2 Å². The van der Waals surface area contributed by atoms with Crippen molar-refractivity contribution < 1.29 is 4.79 Å². The van der Waals surface area contributed by atoms with Gasteiger partial charge in [0.05, 0.1) is 10.0 Å². The van der Waals surface area contributed by atoms with Gasteiger partial charge in [-0.25, -0.2) is 0 Å². The van der Waals surface area contributed by atoms with E-state index in [1.54, 1.807) is 18.2 Å². The fraction of sp³-hybridized carbons (Fsp3) is 0.0500. The Hall–Kier alpha value is -1.61. The number of rotatable bonds is 4. The molecule has 0 heterocycles. The Morgan fingerprint density at radius 1 is 0.750 bits per heavy atom. The molecule has 0 bridgehead atoms. The van der Waals surface area contributed by atoms with Crippen molar-refractivity contribution in [1.29, 1.82) is 0 Å². The van der Waals surface area contributed by atoms with Crippen molar-refractivity contribution in [3.63, 3.8) is 0 Å². The largest absolute Gasteiger partial charge is 0.289 e. The van der Waals surface area contributed by atoms with Crippen molar-refractivity contribution in [2.24, 2.45) is 0 Å². The minimum Gasteiger partial charge on any atom is -0.289 e. The summed E-state index contributed by atoms with van der Waals surface area (Å²) in [7, 11) is 0. The van der Waals surface area contributed by atoms with Gasteiger partial charge in [0, 0.05) is 16.5 Å². The van der Waals surface area contributed by atoms with Crippen molar-refractivity contribution in [2.45, 2.75) is 5.33 Å². The maximum atomic E-state index is 12.5. The summed E-state index contributed by atoms with van der Waals surface area (Å²) in [6.07, 6.45) is 0. The van der Waals surface area contributed by atoms with Gasteiger partial charge in [0.2, 0.25) is 0 Å². The van der Waals surface area contributed by atoms with E-state index in [1.165, 1.54) is 5.56 Å². The Kier molecular flexibility index (Phi) is 5.40. The third-order valence-electron chi connectivity index (χ3n) is 3.77. The molecular weight excluding hydrogens is 407 g/mol. The predicted octanol–water partition coefficient (Wildman–Crippen LogP) is 6.79. The van der Waals surface area contributed by atoms with Crippen LogP contribution in [0.15, 0.2) is 66.7 Å². The van der Waals surface area contributed by atoms with E-state index in [4.69, 9.17) is 23.2 Å². The molecule has 0 atom stereocenters. The highest BCUT2D eigenvalue weighted by Crippen LogP contribution is 2.25.